The molecule has 4 heteroatoms. The first-order valence-corrected chi connectivity index (χ1v) is 6.57. The molecule has 2 atom stereocenters. The molecule has 2 unspecified atom stereocenters. The zero-order valence-corrected chi connectivity index (χ0v) is 11.4. The minimum Gasteiger partial charge on any atom is -0.369 e. The summed E-state index contributed by atoms with van der Waals surface area (Å²) >= 11 is 0. The Balaban J connectivity index is 2.08. The van der Waals surface area contributed by atoms with Gasteiger partial charge in [0.15, 0.2) is 5.78 Å². The Labute approximate surface area is 113 Å². The second-order valence-electron chi connectivity index (χ2n) is 5.55. The fourth-order valence-corrected chi connectivity index (χ4v) is 2.54. The lowest BCUT2D eigenvalue weighted by molar-refractivity contribution is -0.126. The highest BCUT2D eigenvalue weighted by Crippen LogP contribution is 2.31. The quantitative estimate of drug-likeness (QED) is 0.833. The molecule has 0 aromatic heterocycles. The molecule has 0 saturated carbocycles. The molecule has 0 radical (unpaired) electrons. The monoisotopic (exact) mass is 260 g/mol. The van der Waals surface area contributed by atoms with Crippen molar-refractivity contribution in [3.63, 3.8) is 0 Å². The van der Waals surface area contributed by atoms with E-state index in [1.807, 2.05) is 49.1 Å². The summed E-state index contributed by atoms with van der Waals surface area (Å²) in [6.45, 7) is 5.05. The highest BCUT2D eigenvalue weighted by Gasteiger charge is 2.41. The van der Waals surface area contributed by atoms with Gasteiger partial charge in [-0.05, 0) is 26.8 Å². The van der Waals surface area contributed by atoms with Crippen LogP contribution in [0.25, 0.3) is 0 Å². The van der Waals surface area contributed by atoms with Gasteiger partial charge in [-0.3, -0.25) is 14.5 Å². The van der Waals surface area contributed by atoms with Crippen molar-refractivity contribution >= 4 is 11.7 Å². The molecule has 102 valence electrons. The molecule has 1 aliphatic heterocycles. The third-order valence-corrected chi connectivity index (χ3v) is 4.08. The lowest BCUT2D eigenvalue weighted by Gasteiger charge is -2.25. The number of primary amides is 1. The number of hydrogen-bond acceptors (Lipinski definition) is 3. The summed E-state index contributed by atoms with van der Waals surface area (Å²) in [4.78, 5) is 25.8. The van der Waals surface area contributed by atoms with Gasteiger partial charge in [0, 0.05) is 12.1 Å². The van der Waals surface area contributed by atoms with E-state index < -0.39 is 5.41 Å². The zero-order valence-electron chi connectivity index (χ0n) is 11.4. The lowest BCUT2D eigenvalue weighted by atomic mass is 9.89. The highest BCUT2D eigenvalue weighted by atomic mass is 16.1. The molecular formula is C15H20N2O2. The number of carbonyl (C=O) groups is 2. The summed E-state index contributed by atoms with van der Waals surface area (Å²) in [5, 5.41) is 0. The van der Waals surface area contributed by atoms with Crippen LogP contribution in [0.2, 0.25) is 0 Å². The molecule has 4 nitrogen and oxygen atoms in total. The second kappa shape index (κ2) is 5.13. The van der Waals surface area contributed by atoms with Gasteiger partial charge in [0.25, 0.3) is 0 Å². The molecule has 0 spiro atoms. The molecular weight excluding hydrogens is 240 g/mol. The molecule has 1 amide bonds. The fraction of sp³-hybridized carbons (Fsp3) is 0.467. The Hall–Kier alpha value is -1.68. The molecule has 1 heterocycles. The van der Waals surface area contributed by atoms with Gasteiger partial charge in [0.2, 0.25) is 5.91 Å². The van der Waals surface area contributed by atoms with Crippen molar-refractivity contribution in [2.24, 2.45) is 11.1 Å². The van der Waals surface area contributed by atoms with Gasteiger partial charge in [0.1, 0.15) is 0 Å². The summed E-state index contributed by atoms with van der Waals surface area (Å²) in [7, 11) is 0. The van der Waals surface area contributed by atoms with Crippen LogP contribution >= 0.6 is 0 Å². The molecule has 2 rings (SSSR count). The van der Waals surface area contributed by atoms with E-state index in [-0.39, 0.29) is 17.7 Å². The molecule has 0 bridgehead atoms. The predicted molar refractivity (Wildman–Crippen MR) is 73.7 cm³/mol. The Morgan fingerprint density at radius 2 is 1.95 bits per heavy atom. The Morgan fingerprint density at radius 1 is 1.32 bits per heavy atom. The number of carbonyl (C=O) groups excluding carboxylic acids is 2. The van der Waals surface area contributed by atoms with Crippen LogP contribution in [0.4, 0.5) is 0 Å². The van der Waals surface area contributed by atoms with Crippen LogP contribution in [0.15, 0.2) is 30.3 Å². The first kappa shape index (κ1) is 13.7. The second-order valence-corrected chi connectivity index (χ2v) is 5.55. The van der Waals surface area contributed by atoms with E-state index in [4.69, 9.17) is 5.73 Å². The number of likely N-dealkylation sites (tertiary alicyclic amines) is 1. The van der Waals surface area contributed by atoms with E-state index in [0.717, 1.165) is 13.0 Å². The fourth-order valence-electron chi connectivity index (χ4n) is 2.54. The molecule has 1 aromatic rings. The van der Waals surface area contributed by atoms with Gasteiger partial charge in [-0.2, -0.15) is 0 Å². The van der Waals surface area contributed by atoms with Crippen LogP contribution in [0.5, 0.6) is 0 Å². The topological polar surface area (TPSA) is 63.4 Å². The Morgan fingerprint density at radius 3 is 2.47 bits per heavy atom. The number of rotatable bonds is 4. The van der Waals surface area contributed by atoms with Crippen molar-refractivity contribution in [3.05, 3.63) is 35.9 Å². The van der Waals surface area contributed by atoms with Crippen molar-refractivity contribution in [2.75, 3.05) is 13.1 Å². The van der Waals surface area contributed by atoms with E-state index in [0.29, 0.717) is 12.1 Å². The van der Waals surface area contributed by atoms with Gasteiger partial charge in [-0.15, -0.1) is 0 Å². The Bertz CT molecular complexity index is 486. The molecule has 1 fully saturated rings. The average molecular weight is 260 g/mol. The van der Waals surface area contributed by atoms with Gasteiger partial charge in [-0.25, -0.2) is 0 Å². The SMILES string of the molecule is CC(C(=O)c1ccccc1)N1CCC(C)(C(N)=O)C1. The van der Waals surface area contributed by atoms with Crippen LogP contribution < -0.4 is 5.73 Å². The van der Waals surface area contributed by atoms with Crippen LogP contribution in [0.3, 0.4) is 0 Å². The number of nitrogens with zero attached hydrogens (tertiary/aromatic N) is 1. The minimum absolute atomic E-state index is 0.0920. The van der Waals surface area contributed by atoms with E-state index in [9.17, 15) is 9.59 Å². The summed E-state index contributed by atoms with van der Waals surface area (Å²) in [6, 6.07) is 9.03. The normalized spacial score (nSPS) is 25.2. The van der Waals surface area contributed by atoms with Crippen LogP contribution in [-0.2, 0) is 4.79 Å². The number of amides is 1. The average Bonchev–Trinajstić information content (AvgIpc) is 2.82. The summed E-state index contributed by atoms with van der Waals surface area (Å²) in [6.07, 6.45) is 0.717. The largest absolute Gasteiger partial charge is 0.369 e. The number of nitrogens with two attached hydrogens (primary N) is 1. The molecule has 19 heavy (non-hydrogen) atoms. The highest BCUT2D eigenvalue weighted by molar-refractivity contribution is 5.99. The molecule has 0 aliphatic carbocycles. The maximum absolute atomic E-state index is 12.4. The first-order chi connectivity index (χ1) is 8.94. The van der Waals surface area contributed by atoms with Gasteiger partial charge >= 0.3 is 0 Å². The maximum atomic E-state index is 12.4. The summed E-state index contributed by atoms with van der Waals surface area (Å²) < 4.78 is 0. The molecule has 1 aliphatic rings. The summed E-state index contributed by atoms with van der Waals surface area (Å²) in [5.74, 6) is -0.191. The van der Waals surface area contributed by atoms with Crippen molar-refractivity contribution in [2.45, 2.75) is 26.3 Å². The van der Waals surface area contributed by atoms with E-state index in [1.54, 1.807) is 0 Å². The van der Waals surface area contributed by atoms with Crippen LogP contribution in [-0.4, -0.2) is 35.7 Å². The third-order valence-electron chi connectivity index (χ3n) is 4.08. The van der Waals surface area contributed by atoms with Crippen molar-refractivity contribution in [3.8, 4) is 0 Å². The molecule has 2 N–H and O–H groups in total. The van der Waals surface area contributed by atoms with Crippen molar-refractivity contribution < 1.29 is 9.59 Å². The van der Waals surface area contributed by atoms with Gasteiger partial charge in [0.05, 0.1) is 11.5 Å². The molecule has 1 saturated heterocycles. The van der Waals surface area contributed by atoms with E-state index in [1.165, 1.54) is 0 Å². The zero-order chi connectivity index (χ0) is 14.0. The smallest absolute Gasteiger partial charge is 0.224 e. The van der Waals surface area contributed by atoms with E-state index >= 15 is 0 Å². The lowest BCUT2D eigenvalue weighted by Crippen LogP contribution is -2.42. The summed E-state index contributed by atoms with van der Waals surface area (Å²) in [5.41, 5.74) is 5.63. The standard InChI is InChI=1S/C15H20N2O2/c1-11(13(18)12-6-4-3-5-7-12)17-9-8-15(2,10-17)14(16)19/h3-7,11H,8-10H2,1-2H3,(H2,16,19). The van der Waals surface area contributed by atoms with Crippen molar-refractivity contribution in [1.29, 1.82) is 0 Å². The van der Waals surface area contributed by atoms with E-state index in [2.05, 4.69) is 0 Å². The van der Waals surface area contributed by atoms with Crippen molar-refractivity contribution in [1.82, 2.24) is 4.90 Å². The molecule has 1 aromatic carbocycles. The number of Topliss-reactive ketones (excluding diaryl/α,β-unsaturated/α-hetero) is 1. The van der Waals surface area contributed by atoms with Gasteiger partial charge in [-0.1, -0.05) is 30.3 Å². The van der Waals surface area contributed by atoms with Crippen LogP contribution in [0.1, 0.15) is 30.6 Å². The number of hydrogen-bond donors (Lipinski definition) is 1. The third kappa shape index (κ3) is 2.68. The van der Waals surface area contributed by atoms with Crippen LogP contribution in [0, 0.1) is 5.41 Å². The minimum atomic E-state index is -0.509. The predicted octanol–water partition coefficient (Wildman–Crippen LogP) is 1.46. The maximum Gasteiger partial charge on any atom is 0.224 e. The Kier molecular flexibility index (Phi) is 3.71. The first-order valence-electron chi connectivity index (χ1n) is 6.57. The number of ketones is 1. The van der Waals surface area contributed by atoms with Gasteiger partial charge < -0.3 is 5.73 Å². The number of benzene rings is 1.